The summed E-state index contributed by atoms with van der Waals surface area (Å²) in [6.45, 7) is 4.56. The predicted octanol–water partition coefficient (Wildman–Crippen LogP) is 1.84. The Kier molecular flexibility index (Phi) is 3.69. The molecule has 0 aromatic heterocycles. The van der Waals surface area contributed by atoms with Gasteiger partial charge in [-0.1, -0.05) is 0 Å². The fourth-order valence-electron chi connectivity index (χ4n) is 4.58. The van der Waals surface area contributed by atoms with E-state index in [0.29, 0.717) is 31.5 Å². The molecule has 4 fully saturated rings. The molecule has 2 heterocycles. The standard InChI is InChI=1S/C18H26O6/c1-17-5-4-10(6-13(17)23-17)9-22-16(20)11-7-14-18(2,24-14)8-12(11)15(19)21-3/h10-14H,4-9H2,1-3H3. The maximum Gasteiger partial charge on any atom is 0.309 e. The van der Waals surface area contributed by atoms with Crippen LogP contribution >= 0.6 is 0 Å². The van der Waals surface area contributed by atoms with E-state index in [-0.39, 0.29) is 29.2 Å². The molecule has 0 bridgehead atoms. The molecule has 0 aromatic rings. The Balaban J connectivity index is 1.33. The van der Waals surface area contributed by atoms with Crippen LogP contribution in [0.4, 0.5) is 0 Å². The number of ether oxygens (including phenoxy) is 4. The molecule has 2 aliphatic heterocycles. The van der Waals surface area contributed by atoms with Crippen molar-refractivity contribution in [2.75, 3.05) is 13.7 Å². The molecule has 7 unspecified atom stereocenters. The zero-order valence-electron chi connectivity index (χ0n) is 14.6. The van der Waals surface area contributed by atoms with Crippen molar-refractivity contribution in [2.24, 2.45) is 17.8 Å². The molecule has 24 heavy (non-hydrogen) atoms. The summed E-state index contributed by atoms with van der Waals surface area (Å²) in [5, 5.41) is 0. The monoisotopic (exact) mass is 338 g/mol. The molecular formula is C18H26O6. The molecule has 4 aliphatic rings. The van der Waals surface area contributed by atoms with Gasteiger partial charge in [-0.3, -0.25) is 9.59 Å². The Morgan fingerprint density at radius 2 is 1.75 bits per heavy atom. The smallest absolute Gasteiger partial charge is 0.309 e. The number of hydrogen-bond acceptors (Lipinski definition) is 6. The highest BCUT2D eigenvalue weighted by molar-refractivity contribution is 5.82. The molecule has 0 spiro atoms. The van der Waals surface area contributed by atoms with Gasteiger partial charge in [0.15, 0.2) is 0 Å². The zero-order chi connectivity index (χ0) is 17.1. The summed E-state index contributed by atoms with van der Waals surface area (Å²) in [6.07, 6.45) is 4.47. The second-order valence-corrected chi connectivity index (χ2v) is 8.28. The van der Waals surface area contributed by atoms with Crippen LogP contribution in [0.2, 0.25) is 0 Å². The van der Waals surface area contributed by atoms with E-state index in [4.69, 9.17) is 18.9 Å². The molecule has 2 aliphatic carbocycles. The molecule has 0 amide bonds. The van der Waals surface area contributed by atoms with Crippen LogP contribution < -0.4 is 0 Å². The van der Waals surface area contributed by atoms with Gasteiger partial charge in [-0.05, 0) is 51.9 Å². The highest BCUT2D eigenvalue weighted by Gasteiger charge is 2.61. The minimum atomic E-state index is -0.465. The third-order valence-electron chi connectivity index (χ3n) is 6.51. The van der Waals surface area contributed by atoms with Gasteiger partial charge >= 0.3 is 11.9 Å². The summed E-state index contributed by atoms with van der Waals surface area (Å²) >= 11 is 0. The summed E-state index contributed by atoms with van der Waals surface area (Å²) in [6, 6.07) is 0. The van der Waals surface area contributed by atoms with Crippen LogP contribution in [0.15, 0.2) is 0 Å². The maximum atomic E-state index is 12.6. The van der Waals surface area contributed by atoms with E-state index in [1.807, 2.05) is 6.92 Å². The highest BCUT2D eigenvalue weighted by atomic mass is 16.6. The van der Waals surface area contributed by atoms with Gasteiger partial charge in [0.2, 0.25) is 0 Å². The van der Waals surface area contributed by atoms with Crippen LogP contribution in [0.3, 0.4) is 0 Å². The summed E-state index contributed by atoms with van der Waals surface area (Å²) in [7, 11) is 1.36. The largest absolute Gasteiger partial charge is 0.469 e. The lowest BCUT2D eigenvalue weighted by Crippen LogP contribution is -2.40. The van der Waals surface area contributed by atoms with Crippen LogP contribution in [-0.2, 0) is 28.5 Å². The molecule has 6 nitrogen and oxygen atoms in total. The summed E-state index contributed by atoms with van der Waals surface area (Å²) in [5.41, 5.74) is -0.194. The second kappa shape index (κ2) is 5.43. The lowest BCUT2D eigenvalue weighted by molar-refractivity contribution is -0.162. The van der Waals surface area contributed by atoms with Crippen molar-refractivity contribution in [3.05, 3.63) is 0 Å². The van der Waals surface area contributed by atoms with E-state index in [9.17, 15) is 9.59 Å². The van der Waals surface area contributed by atoms with Gasteiger partial charge in [0.05, 0.1) is 49.0 Å². The van der Waals surface area contributed by atoms with Crippen molar-refractivity contribution < 1.29 is 28.5 Å². The minimum Gasteiger partial charge on any atom is -0.469 e. The first-order valence-electron chi connectivity index (χ1n) is 8.95. The number of fused-ring (bicyclic) bond motifs is 2. The Bertz CT molecular complexity index is 562. The number of methoxy groups -OCH3 is 1. The van der Waals surface area contributed by atoms with Crippen LogP contribution in [-0.4, -0.2) is 49.1 Å². The maximum absolute atomic E-state index is 12.6. The lowest BCUT2D eigenvalue weighted by atomic mass is 9.74. The van der Waals surface area contributed by atoms with Crippen LogP contribution in [0, 0.1) is 17.8 Å². The highest BCUT2D eigenvalue weighted by Crippen LogP contribution is 2.52. The molecule has 2 saturated heterocycles. The van der Waals surface area contributed by atoms with E-state index < -0.39 is 11.8 Å². The predicted molar refractivity (Wildman–Crippen MR) is 83.1 cm³/mol. The molecular weight excluding hydrogens is 312 g/mol. The first-order chi connectivity index (χ1) is 11.3. The third kappa shape index (κ3) is 2.73. The Morgan fingerprint density at radius 3 is 2.46 bits per heavy atom. The van der Waals surface area contributed by atoms with Gasteiger partial charge in [0.1, 0.15) is 0 Å². The Labute approximate surface area is 142 Å². The van der Waals surface area contributed by atoms with E-state index in [1.165, 1.54) is 7.11 Å². The first-order valence-corrected chi connectivity index (χ1v) is 8.95. The number of esters is 2. The molecule has 0 N–H and O–H groups in total. The fourth-order valence-corrected chi connectivity index (χ4v) is 4.58. The molecule has 6 heteroatoms. The van der Waals surface area contributed by atoms with Gasteiger partial charge in [-0.15, -0.1) is 0 Å². The number of rotatable bonds is 4. The van der Waals surface area contributed by atoms with Gasteiger partial charge in [-0.25, -0.2) is 0 Å². The first kappa shape index (κ1) is 16.3. The topological polar surface area (TPSA) is 77.7 Å². The average molecular weight is 338 g/mol. The normalized spacial score (nSPS) is 48.7. The van der Waals surface area contributed by atoms with Crippen LogP contribution in [0.25, 0.3) is 0 Å². The van der Waals surface area contributed by atoms with Crippen LogP contribution in [0.1, 0.15) is 46.0 Å². The molecule has 134 valence electrons. The SMILES string of the molecule is COC(=O)C1CC2(C)OC2CC1C(=O)OCC1CCC2(C)OC2C1. The molecule has 0 aromatic carbocycles. The Hall–Kier alpha value is -1.14. The van der Waals surface area contributed by atoms with Gasteiger partial charge in [0.25, 0.3) is 0 Å². The molecule has 0 radical (unpaired) electrons. The van der Waals surface area contributed by atoms with Gasteiger partial charge in [-0.2, -0.15) is 0 Å². The number of hydrogen-bond donors (Lipinski definition) is 0. The quantitative estimate of drug-likeness (QED) is 0.575. The summed E-state index contributed by atoms with van der Waals surface area (Å²) < 4.78 is 21.8. The average Bonchev–Trinajstić information content (AvgIpc) is 3.42. The lowest BCUT2D eigenvalue weighted by Gasteiger charge is -2.29. The third-order valence-corrected chi connectivity index (χ3v) is 6.51. The van der Waals surface area contributed by atoms with E-state index in [1.54, 1.807) is 0 Å². The van der Waals surface area contributed by atoms with Crippen molar-refractivity contribution in [1.29, 1.82) is 0 Å². The van der Waals surface area contributed by atoms with Gasteiger partial charge in [0, 0.05) is 0 Å². The molecule has 7 atom stereocenters. The summed E-state index contributed by atoms with van der Waals surface area (Å²) in [4.78, 5) is 24.7. The number of carbonyl (C=O) groups is 2. The van der Waals surface area contributed by atoms with Crippen molar-refractivity contribution in [1.82, 2.24) is 0 Å². The van der Waals surface area contributed by atoms with E-state index >= 15 is 0 Å². The zero-order valence-corrected chi connectivity index (χ0v) is 14.6. The van der Waals surface area contributed by atoms with E-state index in [0.717, 1.165) is 19.3 Å². The fraction of sp³-hybridized carbons (Fsp3) is 0.889. The van der Waals surface area contributed by atoms with Crippen molar-refractivity contribution >= 4 is 11.9 Å². The van der Waals surface area contributed by atoms with Crippen molar-refractivity contribution in [2.45, 2.75) is 69.4 Å². The van der Waals surface area contributed by atoms with E-state index in [2.05, 4.69) is 6.92 Å². The number of carbonyl (C=O) groups excluding carboxylic acids is 2. The molecule has 2 saturated carbocycles. The number of epoxide rings is 2. The Morgan fingerprint density at radius 1 is 1.04 bits per heavy atom. The van der Waals surface area contributed by atoms with Crippen molar-refractivity contribution in [3.63, 3.8) is 0 Å². The second-order valence-electron chi connectivity index (χ2n) is 8.28. The van der Waals surface area contributed by atoms with Crippen LogP contribution in [0.5, 0.6) is 0 Å². The summed E-state index contributed by atoms with van der Waals surface area (Å²) in [5.74, 6) is -1.19. The van der Waals surface area contributed by atoms with Crippen molar-refractivity contribution in [3.8, 4) is 0 Å². The van der Waals surface area contributed by atoms with Gasteiger partial charge < -0.3 is 18.9 Å². The molecule has 4 rings (SSSR count). The minimum absolute atomic E-state index is 0.0613.